The Hall–Kier alpha value is -5.60. The van der Waals surface area contributed by atoms with Crippen molar-refractivity contribution in [1.82, 2.24) is 9.13 Å². The minimum atomic E-state index is 1.16. The van der Waals surface area contributed by atoms with Crippen LogP contribution in [0.25, 0.3) is 76.9 Å². The van der Waals surface area contributed by atoms with Gasteiger partial charge in [-0.15, -0.1) is 0 Å². The zero-order valence-electron chi connectivity index (χ0n) is 22.9. The summed E-state index contributed by atoms with van der Waals surface area (Å²) in [5.74, 6) is 0. The van der Waals surface area contributed by atoms with Gasteiger partial charge >= 0.3 is 0 Å². The molecule has 0 saturated carbocycles. The lowest BCUT2D eigenvalue weighted by Crippen LogP contribution is -1.95. The molecule has 0 aliphatic heterocycles. The number of rotatable bonds is 3. The van der Waals surface area contributed by atoms with Crippen molar-refractivity contribution in [1.29, 1.82) is 0 Å². The molecule has 0 atom stereocenters. The van der Waals surface area contributed by atoms with E-state index >= 15 is 0 Å². The second kappa shape index (κ2) is 8.95. The minimum Gasteiger partial charge on any atom is -0.309 e. The Morgan fingerprint density at radius 1 is 0.286 bits per heavy atom. The molecule has 0 N–H and O–H groups in total. The molecule has 2 heterocycles. The molecule has 0 saturated heterocycles. The van der Waals surface area contributed by atoms with Crippen LogP contribution in [0.2, 0.25) is 0 Å². The second-order valence-corrected chi connectivity index (χ2v) is 11.0. The SMILES string of the molecule is c1ccc(-c2ccc3cc4c5cc6c7ccccc7n(-c7ccccc7)c6cc5n(-c5ccccc5)c4cc3c2)cc1. The van der Waals surface area contributed by atoms with Crippen LogP contribution >= 0.6 is 0 Å². The average Bonchev–Trinajstić information content (AvgIpc) is 3.55. The van der Waals surface area contributed by atoms with Gasteiger partial charge < -0.3 is 9.13 Å². The van der Waals surface area contributed by atoms with Crippen molar-refractivity contribution in [3.63, 3.8) is 0 Å². The number of aromatic nitrogens is 2. The van der Waals surface area contributed by atoms with E-state index in [2.05, 4.69) is 167 Å². The summed E-state index contributed by atoms with van der Waals surface area (Å²) in [4.78, 5) is 0. The third-order valence-electron chi connectivity index (χ3n) is 8.65. The normalized spacial score (nSPS) is 11.8. The van der Waals surface area contributed by atoms with Crippen LogP contribution in [-0.2, 0) is 0 Å². The van der Waals surface area contributed by atoms with E-state index in [4.69, 9.17) is 0 Å². The van der Waals surface area contributed by atoms with Crippen LogP contribution in [0.4, 0.5) is 0 Å². The van der Waals surface area contributed by atoms with Crippen LogP contribution in [0.3, 0.4) is 0 Å². The Balaban J connectivity index is 1.42. The smallest absolute Gasteiger partial charge is 0.0562 e. The highest BCUT2D eigenvalue weighted by Crippen LogP contribution is 2.41. The summed E-state index contributed by atoms with van der Waals surface area (Å²) in [6, 6.07) is 57.2. The molecule has 0 unspecified atom stereocenters. The number of fused-ring (bicyclic) bond motifs is 7. The fourth-order valence-corrected chi connectivity index (χ4v) is 6.74. The Labute approximate surface area is 243 Å². The van der Waals surface area contributed by atoms with E-state index in [1.54, 1.807) is 0 Å². The first-order valence-corrected chi connectivity index (χ1v) is 14.4. The summed E-state index contributed by atoms with van der Waals surface area (Å²) in [6.45, 7) is 0. The maximum Gasteiger partial charge on any atom is 0.0562 e. The molecule has 0 aliphatic rings. The standard InChI is InChI=1S/C40H26N2/c1-4-12-27(13-5-1)28-20-21-29-23-34-36-25-35-33-18-10-11-19-37(33)41(31-14-6-2-7-15-31)39(35)26-40(36)42(32-16-8-3-9-17-32)38(34)24-30(29)22-28/h1-26H. The molecule has 2 nitrogen and oxygen atoms in total. The molecule has 196 valence electrons. The topological polar surface area (TPSA) is 9.86 Å². The summed E-state index contributed by atoms with van der Waals surface area (Å²) in [5.41, 5.74) is 9.67. The molecule has 2 heteroatoms. The molecule has 42 heavy (non-hydrogen) atoms. The van der Waals surface area contributed by atoms with Crippen LogP contribution in [0, 0.1) is 0 Å². The molecule has 7 aromatic carbocycles. The molecule has 0 bridgehead atoms. The van der Waals surface area contributed by atoms with Gasteiger partial charge in [0.15, 0.2) is 0 Å². The predicted molar refractivity (Wildman–Crippen MR) is 178 cm³/mol. The highest BCUT2D eigenvalue weighted by molar-refractivity contribution is 6.20. The molecule has 0 radical (unpaired) electrons. The Morgan fingerprint density at radius 3 is 1.55 bits per heavy atom. The maximum absolute atomic E-state index is 2.44. The van der Waals surface area contributed by atoms with E-state index in [1.165, 1.54) is 71.2 Å². The summed E-state index contributed by atoms with van der Waals surface area (Å²) < 4.78 is 4.84. The van der Waals surface area contributed by atoms with Crippen molar-refractivity contribution in [2.24, 2.45) is 0 Å². The molecule has 0 amide bonds. The van der Waals surface area contributed by atoms with Crippen molar-refractivity contribution in [2.75, 3.05) is 0 Å². The highest BCUT2D eigenvalue weighted by atomic mass is 15.0. The minimum absolute atomic E-state index is 1.16. The molecule has 9 rings (SSSR count). The molecule has 0 fully saturated rings. The summed E-state index contributed by atoms with van der Waals surface area (Å²) in [5, 5.41) is 7.58. The van der Waals surface area contributed by atoms with Crippen LogP contribution in [0.15, 0.2) is 158 Å². The van der Waals surface area contributed by atoms with E-state index in [0.29, 0.717) is 0 Å². The molecule has 0 aliphatic carbocycles. The van der Waals surface area contributed by atoms with Crippen molar-refractivity contribution in [3.05, 3.63) is 158 Å². The lowest BCUT2D eigenvalue weighted by Gasteiger charge is -2.10. The first kappa shape index (κ1) is 23.1. The van der Waals surface area contributed by atoms with E-state index in [0.717, 1.165) is 5.69 Å². The lowest BCUT2D eigenvalue weighted by molar-refractivity contribution is 1.17. The maximum atomic E-state index is 2.44. The molecular weight excluding hydrogens is 508 g/mol. The number of hydrogen-bond donors (Lipinski definition) is 0. The Bertz CT molecular complexity index is 2430. The number of benzene rings is 7. The lowest BCUT2D eigenvalue weighted by atomic mass is 9.99. The monoisotopic (exact) mass is 534 g/mol. The van der Waals surface area contributed by atoms with Gasteiger partial charge in [0.05, 0.1) is 22.1 Å². The molecule has 9 aromatic rings. The van der Waals surface area contributed by atoms with Crippen LogP contribution in [-0.4, -0.2) is 9.13 Å². The molecule has 2 aromatic heterocycles. The van der Waals surface area contributed by atoms with Gasteiger partial charge in [0.25, 0.3) is 0 Å². The van der Waals surface area contributed by atoms with E-state index < -0.39 is 0 Å². The molecular formula is C40H26N2. The zero-order chi connectivity index (χ0) is 27.6. The van der Waals surface area contributed by atoms with Crippen LogP contribution in [0.1, 0.15) is 0 Å². The van der Waals surface area contributed by atoms with E-state index in [-0.39, 0.29) is 0 Å². The third-order valence-corrected chi connectivity index (χ3v) is 8.65. The molecule has 0 spiro atoms. The largest absolute Gasteiger partial charge is 0.309 e. The van der Waals surface area contributed by atoms with Gasteiger partial charge in [-0.05, 0) is 82.6 Å². The van der Waals surface area contributed by atoms with Crippen LogP contribution < -0.4 is 0 Å². The zero-order valence-corrected chi connectivity index (χ0v) is 22.9. The summed E-state index contributed by atoms with van der Waals surface area (Å²) in [6.07, 6.45) is 0. The number of hydrogen-bond acceptors (Lipinski definition) is 0. The van der Waals surface area contributed by atoms with Crippen molar-refractivity contribution < 1.29 is 0 Å². The fourth-order valence-electron chi connectivity index (χ4n) is 6.74. The number of nitrogens with zero attached hydrogens (tertiary/aromatic N) is 2. The van der Waals surface area contributed by atoms with Gasteiger partial charge in [0.2, 0.25) is 0 Å². The van der Waals surface area contributed by atoms with Crippen molar-refractivity contribution in [2.45, 2.75) is 0 Å². The Morgan fingerprint density at radius 2 is 0.833 bits per heavy atom. The average molecular weight is 535 g/mol. The van der Waals surface area contributed by atoms with Gasteiger partial charge in [0.1, 0.15) is 0 Å². The van der Waals surface area contributed by atoms with Crippen LogP contribution in [0.5, 0.6) is 0 Å². The van der Waals surface area contributed by atoms with E-state index in [9.17, 15) is 0 Å². The highest BCUT2D eigenvalue weighted by Gasteiger charge is 2.19. The van der Waals surface area contributed by atoms with Crippen molar-refractivity contribution in [3.8, 4) is 22.5 Å². The van der Waals surface area contributed by atoms with Gasteiger partial charge in [0, 0.05) is 32.9 Å². The Kier molecular flexibility index (Phi) is 4.93. The number of para-hydroxylation sites is 3. The fraction of sp³-hybridized carbons (Fsp3) is 0. The second-order valence-electron chi connectivity index (χ2n) is 11.0. The van der Waals surface area contributed by atoms with Gasteiger partial charge in [-0.25, -0.2) is 0 Å². The third kappa shape index (κ3) is 3.39. The predicted octanol–water partition coefficient (Wildman–Crippen LogP) is 10.7. The van der Waals surface area contributed by atoms with Gasteiger partial charge in [-0.2, -0.15) is 0 Å². The summed E-state index contributed by atoms with van der Waals surface area (Å²) >= 11 is 0. The van der Waals surface area contributed by atoms with Crippen molar-refractivity contribution >= 4 is 54.4 Å². The first-order valence-electron chi connectivity index (χ1n) is 14.4. The summed E-state index contributed by atoms with van der Waals surface area (Å²) in [7, 11) is 0. The first-order chi connectivity index (χ1) is 20.8. The van der Waals surface area contributed by atoms with Gasteiger partial charge in [-0.3, -0.25) is 0 Å². The van der Waals surface area contributed by atoms with E-state index in [1.807, 2.05) is 0 Å². The quantitative estimate of drug-likeness (QED) is 0.213. The van der Waals surface area contributed by atoms with Gasteiger partial charge in [-0.1, -0.05) is 97.1 Å².